The number of hydrogen-bond acceptors (Lipinski definition) is 2. The molecule has 1 fully saturated rings. The Bertz CT molecular complexity index is 468. The molecule has 0 spiro atoms. The molecule has 128 valence electrons. The smallest absolute Gasteiger partial charge is 0.314 e. The Balaban J connectivity index is 0.00000220. The highest BCUT2D eigenvalue weighted by Crippen LogP contribution is 2.35. The van der Waals surface area contributed by atoms with Crippen LogP contribution in [0.25, 0.3) is 0 Å². The van der Waals surface area contributed by atoms with Gasteiger partial charge in [0.1, 0.15) is 5.82 Å². The maximum absolute atomic E-state index is 13.6. The molecule has 0 radical (unpaired) electrons. The van der Waals surface area contributed by atoms with Crippen molar-refractivity contribution in [2.45, 2.75) is 18.6 Å². The molecule has 1 saturated heterocycles. The van der Waals surface area contributed by atoms with Crippen LogP contribution in [0.5, 0.6) is 0 Å². The molecule has 22 heavy (non-hydrogen) atoms. The number of halogens is 7. The molecular weight excluding hydrogens is 411 g/mol. The minimum absolute atomic E-state index is 0. The molecule has 9 heteroatoms. The first kappa shape index (κ1) is 21.9. The van der Waals surface area contributed by atoms with Crippen LogP contribution in [0.4, 0.5) is 17.6 Å². The van der Waals surface area contributed by atoms with Gasteiger partial charge in [0.25, 0.3) is 0 Å². The summed E-state index contributed by atoms with van der Waals surface area (Å²) in [5, 5.41) is 3.10. The topological polar surface area (TPSA) is 15.3 Å². The second-order valence-electron chi connectivity index (χ2n) is 4.79. The highest BCUT2D eigenvalue weighted by molar-refractivity contribution is 9.10. The zero-order valence-corrected chi connectivity index (χ0v) is 14.7. The number of nitrogens with zero attached hydrogens (tertiary/aromatic N) is 1. The maximum atomic E-state index is 13.6. The van der Waals surface area contributed by atoms with Gasteiger partial charge in [-0.25, -0.2) is 4.39 Å². The fourth-order valence-electron chi connectivity index (χ4n) is 2.39. The summed E-state index contributed by atoms with van der Waals surface area (Å²) in [6.07, 6.45) is -5.24. The first-order chi connectivity index (χ1) is 9.37. The molecule has 1 heterocycles. The average molecular weight is 428 g/mol. The summed E-state index contributed by atoms with van der Waals surface area (Å²) < 4.78 is 52.2. The fraction of sp³-hybridized carbons (Fsp3) is 0.538. The molecule has 0 saturated carbocycles. The van der Waals surface area contributed by atoms with E-state index in [1.165, 1.54) is 12.1 Å². The molecule has 1 aliphatic heterocycles. The van der Waals surface area contributed by atoms with Crippen LogP contribution in [0.15, 0.2) is 22.7 Å². The van der Waals surface area contributed by atoms with Crippen LogP contribution < -0.4 is 5.32 Å². The van der Waals surface area contributed by atoms with Gasteiger partial charge in [0.05, 0.1) is 10.9 Å². The van der Waals surface area contributed by atoms with E-state index >= 15 is 0 Å². The van der Waals surface area contributed by atoms with Gasteiger partial charge in [-0.05, 0) is 33.6 Å². The standard InChI is InChI=1S/C13H15BrF4N2.2ClH/c14-10-2-1-9(7-11(10)15)12(8-13(16,17)18)20-5-3-19-4-6-20;;/h1-2,7,12,19H,3-6,8H2;2*1H/t12-;;/m1../s1. The van der Waals surface area contributed by atoms with Gasteiger partial charge in [-0.1, -0.05) is 6.07 Å². The van der Waals surface area contributed by atoms with Crippen LogP contribution in [-0.4, -0.2) is 37.3 Å². The molecule has 0 aromatic heterocycles. The molecule has 1 aromatic rings. The van der Waals surface area contributed by atoms with Crippen molar-refractivity contribution < 1.29 is 17.6 Å². The van der Waals surface area contributed by atoms with E-state index in [-0.39, 0.29) is 29.3 Å². The second kappa shape index (κ2) is 9.27. The minimum atomic E-state index is -4.28. The van der Waals surface area contributed by atoms with Crippen LogP contribution in [0.3, 0.4) is 0 Å². The van der Waals surface area contributed by atoms with E-state index in [4.69, 9.17) is 0 Å². The van der Waals surface area contributed by atoms with Gasteiger partial charge in [-0.15, -0.1) is 24.8 Å². The zero-order valence-electron chi connectivity index (χ0n) is 11.5. The Morgan fingerprint density at radius 1 is 1.18 bits per heavy atom. The van der Waals surface area contributed by atoms with Gasteiger partial charge >= 0.3 is 6.18 Å². The first-order valence-corrected chi connectivity index (χ1v) is 7.12. The van der Waals surface area contributed by atoms with Gasteiger partial charge in [-0.3, -0.25) is 4.90 Å². The zero-order chi connectivity index (χ0) is 14.8. The van der Waals surface area contributed by atoms with Crippen LogP contribution in [0.2, 0.25) is 0 Å². The van der Waals surface area contributed by atoms with Gasteiger partial charge in [0.2, 0.25) is 0 Å². The summed E-state index contributed by atoms with van der Waals surface area (Å²) in [6.45, 7) is 2.34. The van der Waals surface area contributed by atoms with Gasteiger partial charge in [0, 0.05) is 32.2 Å². The molecule has 0 unspecified atom stereocenters. The van der Waals surface area contributed by atoms with Crippen molar-refractivity contribution in [1.82, 2.24) is 10.2 Å². The van der Waals surface area contributed by atoms with Gasteiger partial charge in [-0.2, -0.15) is 13.2 Å². The number of piperazine rings is 1. The highest BCUT2D eigenvalue weighted by Gasteiger charge is 2.36. The molecule has 1 aromatic carbocycles. The maximum Gasteiger partial charge on any atom is 0.390 e. The number of alkyl halides is 3. The van der Waals surface area contributed by atoms with E-state index in [0.717, 1.165) is 0 Å². The SMILES string of the molecule is Cl.Cl.Fc1cc([C@@H](CC(F)(F)F)N2CCNCC2)ccc1Br. The Hall–Kier alpha value is -0.0800. The molecule has 1 aliphatic rings. The van der Waals surface area contributed by atoms with Crippen molar-refractivity contribution in [2.75, 3.05) is 26.2 Å². The average Bonchev–Trinajstić information content (AvgIpc) is 2.39. The van der Waals surface area contributed by atoms with Gasteiger partial charge in [0.15, 0.2) is 0 Å². The van der Waals surface area contributed by atoms with Crippen LogP contribution >= 0.6 is 40.7 Å². The predicted octanol–water partition coefficient (Wildman–Crippen LogP) is 4.33. The van der Waals surface area contributed by atoms with E-state index in [9.17, 15) is 17.6 Å². The molecule has 2 rings (SSSR count). The molecule has 1 atom stereocenters. The number of nitrogens with one attached hydrogen (secondary N) is 1. The normalized spacial score (nSPS) is 17.3. The van der Waals surface area contributed by atoms with Crippen molar-refractivity contribution in [3.8, 4) is 0 Å². The lowest BCUT2D eigenvalue weighted by Crippen LogP contribution is -2.46. The summed E-state index contributed by atoms with van der Waals surface area (Å²) in [7, 11) is 0. The molecular formula is C13H17BrCl2F4N2. The first-order valence-electron chi connectivity index (χ1n) is 6.33. The third-order valence-electron chi connectivity index (χ3n) is 3.35. The monoisotopic (exact) mass is 426 g/mol. The Morgan fingerprint density at radius 2 is 1.77 bits per heavy atom. The Morgan fingerprint density at radius 3 is 2.27 bits per heavy atom. The number of rotatable bonds is 3. The van der Waals surface area contributed by atoms with E-state index in [0.29, 0.717) is 31.7 Å². The Kier molecular flexibility index (Phi) is 9.24. The number of hydrogen-bond donors (Lipinski definition) is 1. The van der Waals surface area contributed by atoms with E-state index < -0.39 is 24.5 Å². The summed E-state index contributed by atoms with van der Waals surface area (Å²) in [6, 6.07) is 3.35. The predicted molar refractivity (Wildman–Crippen MR) is 86.5 cm³/mol. The van der Waals surface area contributed by atoms with Crippen molar-refractivity contribution in [2.24, 2.45) is 0 Å². The van der Waals surface area contributed by atoms with Crippen LogP contribution in [0.1, 0.15) is 18.0 Å². The molecule has 0 bridgehead atoms. The summed E-state index contributed by atoms with van der Waals surface area (Å²) in [5.74, 6) is -0.537. The lowest BCUT2D eigenvalue weighted by atomic mass is 10.0. The Labute approximate surface area is 147 Å². The highest BCUT2D eigenvalue weighted by atomic mass is 79.9. The summed E-state index contributed by atoms with van der Waals surface area (Å²) in [5.41, 5.74) is 0.366. The van der Waals surface area contributed by atoms with Crippen molar-refractivity contribution in [1.29, 1.82) is 0 Å². The second-order valence-corrected chi connectivity index (χ2v) is 5.65. The quantitative estimate of drug-likeness (QED) is 0.722. The molecule has 0 amide bonds. The molecule has 0 aliphatic carbocycles. The third-order valence-corrected chi connectivity index (χ3v) is 3.99. The van der Waals surface area contributed by atoms with Crippen molar-refractivity contribution >= 4 is 40.7 Å². The van der Waals surface area contributed by atoms with E-state index in [1.807, 2.05) is 0 Å². The van der Waals surface area contributed by atoms with E-state index in [2.05, 4.69) is 21.2 Å². The van der Waals surface area contributed by atoms with E-state index in [1.54, 1.807) is 11.0 Å². The largest absolute Gasteiger partial charge is 0.390 e. The lowest BCUT2D eigenvalue weighted by molar-refractivity contribution is -0.148. The summed E-state index contributed by atoms with van der Waals surface area (Å²) >= 11 is 3.02. The van der Waals surface area contributed by atoms with Crippen LogP contribution in [-0.2, 0) is 0 Å². The molecule has 2 nitrogen and oxygen atoms in total. The van der Waals surface area contributed by atoms with Crippen molar-refractivity contribution in [3.63, 3.8) is 0 Å². The van der Waals surface area contributed by atoms with Crippen LogP contribution in [0, 0.1) is 5.82 Å². The fourth-order valence-corrected chi connectivity index (χ4v) is 2.64. The lowest BCUT2D eigenvalue weighted by Gasteiger charge is -2.35. The number of benzene rings is 1. The third kappa shape index (κ3) is 6.20. The van der Waals surface area contributed by atoms with Gasteiger partial charge < -0.3 is 5.32 Å². The molecule has 1 N–H and O–H groups in total. The summed E-state index contributed by atoms with van der Waals surface area (Å²) in [4.78, 5) is 1.76. The minimum Gasteiger partial charge on any atom is -0.314 e. The van der Waals surface area contributed by atoms with Crippen molar-refractivity contribution in [3.05, 3.63) is 34.1 Å².